The molecule has 0 atom stereocenters. The van der Waals surface area contributed by atoms with Gasteiger partial charge in [0.05, 0.1) is 5.71 Å². The van der Waals surface area contributed by atoms with Crippen molar-refractivity contribution in [2.45, 2.75) is 19.8 Å². The second kappa shape index (κ2) is 7.94. The fourth-order valence-corrected chi connectivity index (χ4v) is 2.48. The summed E-state index contributed by atoms with van der Waals surface area (Å²) >= 11 is 5.82. The van der Waals surface area contributed by atoms with E-state index in [9.17, 15) is 4.79 Å². The van der Waals surface area contributed by atoms with Crippen molar-refractivity contribution >= 4 is 34.9 Å². The first-order valence-electron chi connectivity index (χ1n) is 8.13. The molecule has 1 aliphatic carbocycles. The molecule has 1 saturated carbocycles. The van der Waals surface area contributed by atoms with Gasteiger partial charge < -0.3 is 5.32 Å². The third-order valence-electron chi connectivity index (χ3n) is 3.74. The SMILES string of the molecule is C/C(=N\N=C(/c1ccccc1)C1CC1)NC(=O)Nc1ccc(Cl)cc1. The maximum absolute atomic E-state index is 12.0. The topological polar surface area (TPSA) is 65.8 Å². The summed E-state index contributed by atoms with van der Waals surface area (Å²) in [6, 6.07) is 16.5. The van der Waals surface area contributed by atoms with Gasteiger partial charge in [0.15, 0.2) is 0 Å². The number of benzene rings is 2. The Hall–Kier alpha value is -2.66. The van der Waals surface area contributed by atoms with E-state index in [1.807, 2.05) is 30.3 Å². The van der Waals surface area contributed by atoms with Crippen molar-refractivity contribution in [2.24, 2.45) is 16.1 Å². The normalized spacial score (nSPS) is 15.0. The van der Waals surface area contributed by atoms with Gasteiger partial charge in [-0.15, -0.1) is 5.10 Å². The van der Waals surface area contributed by atoms with E-state index < -0.39 is 0 Å². The summed E-state index contributed by atoms with van der Waals surface area (Å²) in [4.78, 5) is 12.0. The number of carbonyl (C=O) groups excluding carboxylic acids is 1. The first kappa shape index (κ1) is 17.2. The first-order chi connectivity index (χ1) is 12.1. The Morgan fingerprint density at radius 1 is 1.04 bits per heavy atom. The van der Waals surface area contributed by atoms with Gasteiger partial charge in [0.1, 0.15) is 5.84 Å². The Morgan fingerprint density at radius 3 is 2.36 bits per heavy atom. The highest BCUT2D eigenvalue weighted by Gasteiger charge is 2.28. The van der Waals surface area contributed by atoms with Crippen LogP contribution in [0, 0.1) is 5.92 Å². The summed E-state index contributed by atoms with van der Waals surface area (Å²) in [5.41, 5.74) is 2.70. The number of amidine groups is 1. The van der Waals surface area contributed by atoms with Gasteiger partial charge in [-0.1, -0.05) is 41.9 Å². The average molecular weight is 355 g/mol. The molecular formula is C19H19ClN4O. The summed E-state index contributed by atoms with van der Waals surface area (Å²) in [7, 11) is 0. The second-order valence-corrected chi connectivity index (χ2v) is 6.33. The monoisotopic (exact) mass is 354 g/mol. The van der Waals surface area contributed by atoms with Gasteiger partial charge in [0, 0.05) is 16.6 Å². The molecule has 1 aliphatic rings. The van der Waals surface area contributed by atoms with E-state index in [1.165, 1.54) is 0 Å². The molecule has 0 aliphatic heterocycles. The van der Waals surface area contributed by atoms with E-state index >= 15 is 0 Å². The molecule has 0 aromatic heterocycles. The molecule has 25 heavy (non-hydrogen) atoms. The zero-order valence-corrected chi connectivity index (χ0v) is 14.6. The van der Waals surface area contributed by atoms with Crippen LogP contribution in [0.5, 0.6) is 0 Å². The molecule has 0 bridgehead atoms. The molecule has 2 aromatic rings. The lowest BCUT2D eigenvalue weighted by Gasteiger charge is -2.07. The van der Waals surface area contributed by atoms with Crippen LogP contribution in [-0.4, -0.2) is 17.6 Å². The third kappa shape index (κ3) is 5.16. The molecule has 128 valence electrons. The third-order valence-corrected chi connectivity index (χ3v) is 3.99. The molecule has 3 rings (SSSR count). The molecule has 0 spiro atoms. The van der Waals surface area contributed by atoms with Gasteiger partial charge in [-0.2, -0.15) is 5.10 Å². The van der Waals surface area contributed by atoms with Crippen LogP contribution in [0.15, 0.2) is 64.8 Å². The Labute approximate surface area is 151 Å². The summed E-state index contributed by atoms with van der Waals surface area (Å²) in [5, 5.41) is 14.5. The van der Waals surface area contributed by atoms with Crippen LogP contribution in [0.4, 0.5) is 10.5 Å². The van der Waals surface area contributed by atoms with Gasteiger partial charge in [-0.25, -0.2) is 4.79 Å². The van der Waals surface area contributed by atoms with Gasteiger partial charge in [-0.3, -0.25) is 5.32 Å². The fourth-order valence-electron chi connectivity index (χ4n) is 2.35. The van der Waals surface area contributed by atoms with Crippen molar-refractivity contribution in [3.05, 3.63) is 65.2 Å². The molecule has 0 unspecified atom stereocenters. The Kier molecular flexibility index (Phi) is 5.46. The number of nitrogens with one attached hydrogen (secondary N) is 2. The van der Waals surface area contributed by atoms with E-state index in [2.05, 4.69) is 20.8 Å². The van der Waals surface area contributed by atoms with Gasteiger partial charge >= 0.3 is 6.03 Å². The van der Waals surface area contributed by atoms with Gasteiger partial charge in [0.2, 0.25) is 0 Å². The van der Waals surface area contributed by atoms with Crippen molar-refractivity contribution in [3.8, 4) is 0 Å². The highest BCUT2D eigenvalue weighted by Crippen LogP contribution is 2.33. The summed E-state index contributed by atoms with van der Waals surface area (Å²) < 4.78 is 0. The molecule has 0 saturated heterocycles. The fraction of sp³-hybridized carbons (Fsp3) is 0.211. The number of halogens is 1. The number of urea groups is 1. The Balaban J connectivity index is 1.64. The van der Waals surface area contributed by atoms with Crippen LogP contribution in [0.2, 0.25) is 5.02 Å². The summed E-state index contributed by atoms with van der Waals surface area (Å²) in [6.07, 6.45) is 2.26. The minimum absolute atomic E-state index is 0.369. The Morgan fingerprint density at radius 2 is 1.72 bits per heavy atom. The number of hydrogen-bond acceptors (Lipinski definition) is 3. The molecule has 0 radical (unpaired) electrons. The van der Waals surface area contributed by atoms with Crippen LogP contribution in [0.25, 0.3) is 0 Å². The lowest BCUT2D eigenvalue weighted by atomic mass is 10.1. The largest absolute Gasteiger partial charge is 0.324 e. The summed E-state index contributed by atoms with van der Waals surface area (Å²) in [5.74, 6) is 0.891. The van der Waals surface area contributed by atoms with E-state index in [0.717, 1.165) is 24.1 Å². The molecule has 2 amide bonds. The highest BCUT2D eigenvalue weighted by atomic mass is 35.5. The standard InChI is InChI=1S/C19H19ClN4O/c1-13(21-19(25)22-17-11-9-16(20)10-12-17)23-24-18(15-7-8-15)14-5-3-2-4-6-14/h2-6,9-12,15H,7-8H2,1H3,(H2,21,22,23,25)/b24-18+. The number of rotatable bonds is 4. The minimum Gasteiger partial charge on any atom is -0.308 e. The van der Waals surface area contributed by atoms with Crippen molar-refractivity contribution in [2.75, 3.05) is 5.32 Å². The first-order valence-corrected chi connectivity index (χ1v) is 8.51. The molecule has 0 heterocycles. The highest BCUT2D eigenvalue weighted by molar-refractivity contribution is 6.30. The van der Waals surface area contributed by atoms with E-state index in [0.29, 0.717) is 22.5 Å². The lowest BCUT2D eigenvalue weighted by Crippen LogP contribution is -2.32. The predicted octanol–water partition coefficient (Wildman–Crippen LogP) is 4.69. The van der Waals surface area contributed by atoms with Crippen LogP contribution in [-0.2, 0) is 0 Å². The lowest BCUT2D eigenvalue weighted by molar-refractivity contribution is 0.256. The second-order valence-electron chi connectivity index (χ2n) is 5.90. The number of hydrogen-bond donors (Lipinski definition) is 2. The molecule has 2 N–H and O–H groups in total. The maximum Gasteiger partial charge on any atom is 0.324 e. The van der Waals surface area contributed by atoms with E-state index in [4.69, 9.17) is 11.6 Å². The van der Waals surface area contributed by atoms with Crippen molar-refractivity contribution < 1.29 is 4.79 Å². The molecule has 5 nitrogen and oxygen atoms in total. The average Bonchev–Trinajstić information content (AvgIpc) is 3.43. The molecule has 6 heteroatoms. The Bertz CT molecular complexity index is 796. The van der Waals surface area contributed by atoms with E-state index in [1.54, 1.807) is 31.2 Å². The van der Waals surface area contributed by atoms with E-state index in [-0.39, 0.29) is 6.03 Å². The van der Waals surface area contributed by atoms with Crippen molar-refractivity contribution in [1.29, 1.82) is 0 Å². The smallest absolute Gasteiger partial charge is 0.308 e. The number of amides is 2. The molecule has 2 aromatic carbocycles. The number of anilines is 1. The number of nitrogens with zero attached hydrogens (tertiary/aromatic N) is 2. The van der Waals surface area contributed by atoms with Crippen molar-refractivity contribution in [1.82, 2.24) is 5.32 Å². The zero-order valence-electron chi connectivity index (χ0n) is 13.9. The van der Waals surface area contributed by atoms with Crippen LogP contribution in [0.1, 0.15) is 25.3 Å². The summed E-state index contributed by atoms with van der Waals surface area (Å²) in [6.45, 7) is 1.71. The van der Waals surface area contributed by atoms with Gasteiger partial charge in [-0.05, 0) is 49.6 Å². The van der Waals surface area contributed by atoms with Gasteiger partial charge in [0.25, 0.3) is 0 Å². The molecule has 1 fully saturated rings. The zero-order chi connectivity index (χ0) is 17.6. The minimum atomic E-state index is -0.369. The van der Waals surface area contributed by atoms with Crippen LogP contribution >= 0.6 is 11.6 Å². The van der Waals surface area contributed by atoms with Crippen LogP contribution in [0.3, 0.4) is 0 Å². The van der Waals surface area contributed by atoms with Crippen molar-refractivity contribution in [3.63, 3.8) is 0 Å². The maximum atomic E-state index is 12.0. The quantitative estimate of drug-likeness (QED) is 0.466. The number of carbonyl (C=O) groups is 1. The predicted molar refractivity (Wildman–Crippen MR) is 102 cm³/mol. The van der Waals surface area contributed by atoms with Crippen LogP contribution < -0.4 is 10.6 Å². The molecular weight excluding hydrogens is 336 g/mol.